The highest BCUT2D eigenvalue weighted by Gasteiger charge is 2.29. The lowest BCUT2D eigenvalue weighted by Gasteiger charge is -2.36. The molecule has 0 aromatic carbocycles. The van der Waals surface area contributed by atoms with E-state index in [1.54, 1.807) is 0 Å². The standard InChI is InChI=1S/C12H19B/c1-9-5-6-11(7-8-13)10(2)12(9,3)4/h5-6,9H,7-8H2,1-4H3. The molecule has 0 aromatic heterocycles. The first-order valence-electron chi connectivity index (χ1n) is 5.08. The van der Waals surface area contributed by atoms with Gasteiger partial charge in [-0.05, 0) is 30.3 Å². The highest BCUT2D eigenvalue weighted by atomic mass is 14.3. The fourth-order valence-corrected chi connectivity index (χ4v) is 1.81. The fraction of sp³-hybridized carbons (Fsp3) is 0.667. The summed E-state index contributed by atoms with van der Waals surface area (Å²) in [6.07, 6.45) is 6.32. The Labute approximate surface area is 83.5 Å². The van der Waals surface area contributed by atoms with Gasteiger partial charge >= 0.3 is 0 Å². The maximum atomic E-state index is 5.58. The Morgan fingerprint density at radius 1 is 1.46 bits per heavy atom. The van der Waals surface area contributed by atoms with Crippen LogP contribution in [0.1, 0.15) is 34.1 Å². The third-order valence-corrected chi connectivity index (χ3v) is 3.59. The van der Waals surface area contributed by atoms with E-state index in [4.69, 9.17) is 7.85 Å². The predicted octanol–water partition coefficient (Wildman–Crippen LogP) is 3.51. The third kappa shape index (κ3) is 1.90. The fourth-order valence-electron chi connectivity index (χ4n) is 1.81. The van der Waals surface area contributed by atoms with Crippen LogP contribution in [0.25, 0.3) is 0 Å². The molecule has 1 aliphatic carbocycles. The summed E-state index contributed by atoms with van der Waals surface area (Å²) in [6, 6.07) is 0. The van der Waals surface area contributed by atoms with Gasteiger partial charge in [-0.2, -0.15) is 0 Å². The molecule has 0 fully saturated rings. The van der Waals surface area contributed by atoms with E-state index in [9.17, 15) is 0 Å². The molecule has 0 spiro atoms. The highest BCUT2D eigenvalue weighted by Crippen LogP contribution is 2.41. The van der Waals surface area contributed by atoms with Crippen LogP contribution in [-0.2, 0) is 0 Å². The Bertz CT molecular complexity index is 246. The Morgan fingerprint density at radius 2 is 2.08 bits per heavy atom. The summed E-state index contributed by atoms with van der Waals surface area (Å²) in [6.45, 7) is 9.14. The maximum Gasteiger partial charge on any atom is 0.0657 e. The summed E-state index contributed by atoms with van der Waals surface area (Å²) in [5, 5.41) is 0. The predicted molar refractivity (Wildman–Crippen MR) is 60.0 cm³/mol. The van der Waals surface area contributed by atoms with Crippen molar-refractivity contribution in [3.8, 4) is 0 Å². The lowest BCUT2D eigenvalue weighted by molar-refractivity contribution is 0.334. The van der Waals surface area contributed by atoms with E-state index < -0.39 is 0 Å². The van der Waals surface area contributed by atoms with Crippen molar-refractivity contribution in [2.75, 3.05) is 0 Å². The van der Waals surface area contributed by atoms with Crippen LogP contribution in [0.15, 0.2) is 23.3 Å². The zero-order valence-corrected chi connectivity index (χ0v) is 9.22. The third-order valence-electron chi connectivity index (χ3n) is 3.59. The van der Waals surface area contributed by atoms with Crippen LogP contribution in [-0.4, -0.2) is 7.85 Å². The van der Waals surface area contributed by atoms with E-state index in [2.05, 4.69) is 39.8 Å². The van der Waals surface area contributed by atoms with Gasteiger partial charge in [0.1, 0.15) is 0 Å². The average Bonchev–Trinajstić information content (AvgIpc) is 2.08. The zero-order valence-electron chi connectivity index (χ0n) is 9.22. The molecule has 0 heterocycles. The first-order valence-corrected chi connectivity index (χ1v) is 5.08. The summed E-state index contributed by atoms with van der Waals surface area (Å²) in [4.78, 5) is 0. The Hall–Kier alpha value is -0.455. The summed E-state index contributed by atoms with van der Waals surface area (Å²) < 4.78 is 0. The summed E-state index contributed by atoms with van der Waals surface area (Å²) >= 11 is 0. The molecule has 13 heavy (non-hydrogen) atoms. The van der Waals surface area contributed by atoms with Crippen molar-refractivity contribution in [1.82, 2.24) is 0 Å². The van der Waals surface area contributed by atoms with E-state index in [1.165, 1.54) is 11.1 Å². The van der Waals surface area contributed by atoms with E-state index >= 15 is 0 Å². The van der Waals surface area contributed by atoms with Crippen LogP contribution in [0.4, 0.5) is 0 Å². The minimum absolute atomic E-state index is 0.305. The topological polar surface area (TPSA) is 0 Å². The molecule has 1 unspecified atom stereocenters. The molecule has 0 amide bonds. The normalized spacial score (nSPS) is 26.6. The average molecular weight is 174 g/mol. The van der Waals surface area contributed by atoms with Gasteiger partial charge in [0.25, 0.3) is 0 Å². The van der Waals surface area contributed by atoms with Crippen LogP contribution in [0.5, 0.6) is 0 Å². The molecule has 0 saturated heterocycles. The smallest absolute Gasteiger partial charge is 0.0657 e. The van der Waals surface area contributed by atoms with Gasteiger partial charge in [0.2, 0.25) is 0 Å². The van der Waals surface area contributed by atoms with Crippen molar-refractivity contribution < 1.29 is 0 Å². The molecule has 1 atom stereocenters. The van der Waals surface area contributed by atoms with Gasteiger partial charge in [-0.25, -0.2) is 0 Å². The number of allylic oxidation sites excluding steroid dienone is 4. The largest absolute Gasteiger partial charge is 0.0847 e. The van der Waals surface area contributed by atoms with Crippen molar-refractivity contribution in [1.29, 1.82) is 0 Å². The van der Waals surface area contributed by atoms with Crippen molar-refractivity contribution in [3.63, 3.8) is 0 Å². The Morgan fingerprint density at radius 3 is 2.62 bits per heavy atom. The Kier molecular flexibility index (Phi) is 3.05. The molecule has 0 N–H and O–H groups in total. The highest BCUT2D eigenvalue weighted by molar-refractivity contribution is 6.08. The monoisotopic (exact) mass is 174 g/mol. The lowest BCUT2D eigenvalue weighted by atomic mass is 9.69. The summed E-state index contributed by atoms with van der Waals surface area (Å²) in [5.74, 6) is 0.633. The van der Waals surface area contributed by atoms with Crippen LogP contribution >= 0.6 is 0 Å². The number of hydrogen-bond acceptors (Lipinski definition) is 0. The molecule has 1 heteroatoms. The first kappa shape index (κ1) is 10.6. The first-order chi connectivity index (χ1) is 6.00. The van der Waals surface area contributed by atoms with Crippen LogP contribution in [0, 0.1) is 11.3 Å². The number of hydrogen-bond donors (Lipinski definition) is 0. The minimum atomic E-state index is 0.305. The van der Waals surface area contributed by atoms with E-state index in [-0.39, 0.29) is 0 Å². The molecule has 1 aliphatic rings. The van der Waals surface area contributed by atoms with E-state index in [1.807, 2.05) is 0 Å². The van der Waals surface area contributed by atoms with Crippen molar-refractivity contribution >= 4 is 7.85 Å². The van der Waals surface area contributed by atoms with Gasteiger partial charge in [0, 0.05) is 0 Å². The second-order valence-electron chi connectivity index (χ2n) is 4.56. The molecule has 0 aromatic rings. The SMILES string of the molecule is [B]CCC1=C(C)C(C)(C)C(C)C=C1. The molecule has 70 valence electrons. The maximum absolute atomic E-state index is 5.58. The molecular formula is C12H19B. The second-order valence-corrected chi connectivity index (χ2v) is 4.56. The van der Waals surface area contributed by atoms with Gasteiger partial charge in [0.05, 0.1) is 7.85 Å². The zero-order chi connectivity index (χ0) is 10.1. The molecule has 0 saturated carbocycles. The minimum Gasteiger partial charge on any atom is -0.0847 e. The van der Waals surface area contributed by atoms with Gasteiger partial charge in [0.15, 0.2) is 0 Å². The molecule has 2 radical (unpaired) electrons. The lowest BCUT2D eigenvalue weighted by Crippen LogP contribution is -2.25. The molecule has 0 bridgehead atoms. The van der Waals surface area contributed by atoms with Crippen molar-refractivity contribution in [3.05, 3.63) is 23.3 Å². The van der Waals surface area contributed by atoms with E-state index in [0.717, 1.165) is 12.7 Å². The molecule has 0 aliphatic heterocycles. The van der Waals surface area contributed by atoms with Gasteiger partial charge in [-0.15, -0.1) is 0 Å². The van der Waals surface area contributed by atoms with Crippen LogP contribution in [0.3, 0.4) is 0 Å². The Balaban J connectivity index is 2.97. The number of rotatable bonds is 2. The molecular weight excluding hydrogens is 155 g/mol. The van der Waals surface area contributed by atoms with Crippen molar-refractivity contribution in [2.24, 2.45) is 11.3 Å². The van der Waals surface area contributed by atoms with E-state index in [0.29, 0.717) is 11.3 Å². The van der Waals surface area contributed by atoms with Crippen LogP contribution < -0.4 is 0 Å². The second kappa shape index (κ2) is 3.73. The van der Waals surface area contributed by atoms with Crippen LogP contribution in [0.2, 0.25) is 6.32 Å². The molecule has 1 rings (SSSR count). The summed E-state index contributed by atoms with van der Waals surface area (Å²) in [5.41, 5.74) is 3.25. The molecule has 0 nitrogen and oxygen atoms in total. The van der Waals surface area contributed by atoms with Gasteiger partial charge in [-0.3, -0.25) is 0 Å². The van der Waals surface area contributed by atoms with Crippen molar-refractivity contribution in [2.45, 2.75) is 40.4 Å². The quantitative estimate of drug-likeness (QED) is 0.562. The van der Waals surface area contributed by atoms with Gasteiger partial charge < -0.3 is 0 Å². The summed E-state index contributed by atoms with van der Waals surface area (Å²) in [7, 11) is 5.58. The van der Waals surface area contributed by atoms with Gasteiger partial charge in [-0.1, -0.05) is 44.8 Å².